The van der Waals surface area contributed by atoms with E-state index in [4.69, 9.17) is 37.0 Å². The summed E-state index contributed by atoms with van der Waals surface area (Å²) in [4.78, 5) is 72.6. The van der Waals surface area contributed by atoms with E-state index >= 15 is 0 Å². The molecule has 0 amide bonds. The number of hydrogen-bond donors (Lipinski definition) is 3. The number of carbonyl (C=O) groups is 4. The number of phosphoric acid groups is 2. The number of aliphatic hydroxyl groups is 1. The van der Waals surface area contributed by atoms with Crippen molar-refractivity contribution < 1.29 is 80.2 Å². The summed E-state index contributed by atoms with van der Waals surface area (Å²) in [5, 5.41) is 10.6. The second-order valence-corrected chi connectivity index (χ2v) is 31.4. The molecule has 3 N–H and O–H groups in total. The Morgan fingerprint density at radius 2 is 0.531 bits per heavy atom. The van der Waals surface area contributed by atoms with Gasteiger partial charge in [0.15, 0.2) is 12.2 Å². The van der Waals surface area contributed by atoms with E-state index in [2.05, 4.69) is 41.5 Å². The van der Waals surface area contributed by atoms with Gasteiger partial charge in [-0.1, -0.05) is 350 Å². The molecule has 96 heavy (non-hydrogen) atoms. The van der Waals surface area contributed by atoms with Crippen molar-refractivity contribution >= 4 is 39.5 Å². The van der Waals surface area contributed by atoms with Gasteiger partial charge in [0.2, 0.25) is 0 Å². The van der Waals surface area contributed by atoms with Crippen molar-refractivity contribution in [1.29, 1.82) is 0 Å². The van der Waals surface area contributed by atoms with Crippen molar-refractivity contribution in [3.63, 3.8) is 0 Å². The Bertz CT molecular complexity index is 1860. The van der Waals surface area contributed by atoms with Gasteiger partial charge in [-0.2, -0.15) is 0 Å². The van der Waals surface area contributed by atoms with Gasteiger partial charge >= 0.3 is 39.5 Å². The molecule has 0 radical (unpaired) electrons. The molecule has 17 nitrogen and oxygen atoms in total. The third-order valence-electron chi connectivity index (χ3n) is 18.3. The molecular weight excluding hydrogens is 1260 g/mol. The van der Waals surface area contributed by atoms with Crippen molar-refractivity contribution in [3.8, 4) is 0 Å². The summed E-state index contributed by atoms with van der Waals surface area (Å²) in [7, 11) is -9.90. The number of ether oxygens (including phenoxy) is 4. The zero-order valence-corrected chi connectivity index (χ0v) is 64.5. The minimum Gasteiger partial charge on any atom is -0.462 e. The van der Waals surface area contributed by atoms with E-state index < -0.39 is 97.5 Å². The van der Waals surface area contributed by atoms with E-state index in [-0.39, 0.29) is 25.7 Å². The Morgan fingerprint density at radius 3 is 0.792 bits per heavy atom. The molecule has 0 fully saturated rings. The minimum atomic E-state index is -4.96. The highest BCUT2D eigenvalue weighted by Gasteiger charge is 2.30. The number of phosphoric ester groups is 2. The number of rotatable bonds is 76. The average Bonchev–Trinajstić information content (AvgIpc) is 1.65. The highest BCUT2D eigenvalue weighted by atomic mass is 31.2. The van der Waals surface area contributed by atoms with Crippen LogP contribution in [0.3, 0.4) is 0 Å². The fourth-order valence-electron chi connectivity index (χ4n) is 11.8. The SMILES string of the molecule is CCCCCCCCCCCCCCCCCCCCC(=O)OC[C@H](COP(=O)(O)OC[C@@H](O)COP(=O)(O)OC[C@@H](COC(=O)CCCCCCC)OC(=O)CCCCCCCCCCCCC(C)CC)OC(=O)CCCCCCCCCCCCCCCCCCC(C)C. The normalized spacial score (nSPS) is 14.3. The molecule has 19 heteroatoms. The largest absolute Gasteiger partial charge is 0.472 e. The molecular formula is C77H150O17P2. The predicted octanol–water partition coefficient (Wildman–Crippen LogP) is 22.7. The van der Waals surface area contributed by atoms with E-state index in [0.29, 0.717) is 25.7 Å². The van der Waals surface area contributed by atoms with Gasteiger partial charge < -0.3 is 33.8 Å². The third kappa shape index (κ3) is 69.2. The lowest BCUT2D eigenvalue weighted by atomic mass is 9.99. The van der Waals surface area contributed by atoms with Gasteiger partial charge in [0.05, 0.1) is 26.4 Å². The van der Waals surface area contributed by atoms with Crippen molar-refractivity contribution in [2.75, 3.05) is 39.6 Å². The van der Waals surface area contributed by atoms with E-state index in [1.165, 1.54) is 212 Å². The first kappa shape index (κ1) is 94.1. The molecule has 0 aliphatic heterocycles. The minimum absolute atomic E-state index is 0.105. The first-order valence-corrected chi connectivity index (χ1v) is 43.0. The molecule has 0 spiro atoms. The number of esters is 4. The summed E-state index contributed by atoms with van der Waals surface area (Å²) in [6.45, 7) is 9.57. The van der Waals surface area contributed by atoms with Crippen LogP contribution >= 0.6 is 15.6 Å². The van der Waals surface area contributed by atoms with E-state index in [9.17, 15) is 43.2 Å². The maximum Gasteiger partial charge on any atom is 0.472 e. The second-order valence-electron chi connectivity index (χ2n) is 28.5. The molecule has 6 atom stereocenters. The van der Waals surface area contributed by atoms with Gasteiger partial charge in [-0.05, 0) is 37.5 Å². The molecule has 3 unspecified atom stereocenters. The third-order valence-corrected chi connectivity index (χ3v) is 20.2. The Kier molecular flexibility index (Phi) is 67.4. The Balaban J connectivity index is 5.14. The number of hydrogen-bond acceptors (Lipinski definition) is 15. The van der Waals surface area contributed by atoms with Gasteiger partial charge in [0.25, 0.3) is 0 Å². The average molecular weight is 1410 g/mol. The van der Waals surface area contributed by atoms with Crippen molar-refractivity contribution in [1.82, 2.24) is 0 Å². The maximum atomic E-state index is 13.1. The lowest BCUT2D eigenvalue weighted by Gasteiger charge is -2.21. The molecule has 0 aromatic carbocycles. The number of unbranched alkanes of at least 4 members (excludes halogenated alkanes) is 45. The molecule has 0 saturated carbocycles. The van der Waals surface area contributed by atoms with Gasteiger partial charge in [0.1, 0.15) is 19.3 Å². The fourth-order valence-corrected chi connectivity index (χ4v) is 13.4. The van der Waals surface area contributed by atoms with Crippen molar-refractivity contribution in [3.05, 3.63) is 0 Å². The molecule has 0 rings (SSSR count). The van der Waals surface area contributed by atoms with Crippen LogP contribution in [0.4, 0.5) is 0 Å². The van der Waals surface area contributed by atoms with Crippen LogP contribution in [0.2, 0.25) is 0 Å². The summed E-state index contributed by atoms with van der Waals surface area (Å²) >= 11 is 0. The topological polar surface area (TPSA) is 237 Å². The summed E-state index contributed by atoms with van der Waals surface area (Å²) < 4.78 is 68.3. The number of aliphatic hydroxyl groups excluding tert-OH is 1. The molecule has 0 aliphatic rings. The summed E-state index contributed by atoms with van der Waals surface area (Å²) in [6.07, 6.45) is 57.3. The highest BCUT2D eigenvalue weighted by molar-refractivity contribution is 7.47. The Hall–Kier alpha value is -1.94. The smallest absolute Gasteiger partial charge is 0.462 e. The molecule has 0 aromatic heterocycles. The van der Waals surface area contributed by atoms with Crippen LogP contribution in [0.1, 0.15) is 401 Å². The number of carbonyl (C=O) groups excluding carboxylic acids is 4. The van der Waals surface area contributed by atoms with Crippen LogP contribution < -0.4 is 0 Å². The zero-order chi connectivity index (χ0) is 70.7. The van der Waals surface area contributed by atoms with Crippen LogP contribution in [0, 0.1) is 11.8 Å². The lowest BCUT2D eigenvalue weighted by molar-refractivity contribution is -0.161. The molecule has 0 saturated heterocycles. The van der Waals surface area contributed by atoms with Gasteiger partial charge in [0, 0.05) is 25.7 Å². The monoisotopic (exact) mass is 1410 g/mol. The summed E-state index contributed by atoms with van der Waals surface area (Å²) in [6, 6.07) is 0. The van der Waals surface area contributed by atoms with Crippen LogP contribution in [-0.2, 0) is 65.4 Å². The fraction of sp³-hybridized carbons (Fsp3) is 0.948. The lowest BCUT2D eigenvalue weighted by Crippen LogP contribution is -2.30. The Morgan fingerprint density at radius 1 is 0.302 bits per heavy atom. The Labute approximate surface area is 588 Å². The van der Waals surface area contributed by atoms with E-state index in [0.717, 1.165) is 108 Å². The highest BCUT2D eigenvalue weighted by Crippen LogP contribution is 2.45. The predicted molar refractivity (Wildman–Crippen MR) is 391 cm³/mol. The standard InChI is InChI=1S/C77H150O17P2/c1-7-10-12-14-15-16-17-18-19-20-21-25-28-31-37-42-48-54-60-75(80)88-66-73(94-77(82)61-55-49-43-38-32-29-26-23-22-24-27-30-35-40-46-51-57-69(4)5)68-92-96(85,86)90-64-71(78)63-89-95(83,84)91-67-72(65-87-74(79)59-53-45-13-11-8-2)93-76(81)62-56-50-44-39-34-33-36-41-47-52-58-70(6)9-3/h69-73,78H,7-68H2,1-6H3,(H,83,84)(H,85,86)/t70?,71-,72+,73+/m0/s1. The second kappa shape index (κ2) is 68.8. The first-order chi connectivity index (χ1) is 46.4. The maximum absolute atomic E-state index is 13.1. The van der Waals surface area contributed by atoms with Crippen LogP contribution in [0.25, 0.3) is 0 Å². The molecule has 0 aromatic rings. The zero-order valence-electron chi connectivity index (χ0n) is 62.7. The van der Waals surface area contributed by atoms with Crippen molar-refractivity contribution in [2.45, 2.75) is 419 Å². The molecule has 0 bridgehead atoms. The van der Waals surface area contributed by atoms with Gasteiger partial charge in [-0.3, -0.25) is 37.3 Å². The summed E-state index contributed by atoms with van der Waals surface area (Å²) in [5.74, 6) is -0.513. The van der Waals surface area contributed by atoms with Crippen LogP contribution in [0.5, 0.6) is 0 Å². The van der Waals surface area contributed by atoms with Crippen LogP contribution in [-0.4, -0.2) is 96.7 Å². The van der Waals surface area contributed by atoms with E-state index in [1.54, 1.807) is 0 Å². The summed E-state index contributed by atoms with van der Waals surface area (Å²) in [5.41, 5.74) is 0. The molecule has 0 aliphatic carbocycles. The van der Waals surface area contributed by atoms with Crippen LogP contribution in [0.15, 0.2) is 0 Å². The molecule has 570 valence electrons. The first-order valence-electron chi connectivity index (χ1n) is 40.0. The quantitative estimate of drug-likeness (QED) is 0.0222. The van der Waals surface area contributed by atoms with Crippen molar-refractivity contribution in [2.24, 2.45) is 11.8 Å². The van der Waals surface area contributed by atoms with Gasteiger partial charge in [-0.15, -0.1) is 0 Å². The van der Waals surface area contributed by atoms with E-state index in [1.807, 2.05) is 0 Å². The van der Waals surface area contributed by atoms with Gasteiger partial charge in [-0.25, -0.2) is 9.13 Å². The molecule has 0 heterocycles.